The van der Waals surface area contributed by atoms with Crippen LogP contribution in [0.4, 0.5) is 0 Å². The second-order valence-electron chi connectivity index (χ2n) is 5.52. The fraction of sp³-hybridized carbons (Fsp3) is 0.353. The highest BCUT2D eigenvalue weighted by molar-refractivity contribution is 5.82. The first-order chi connectivity index (χ1) is 9.74. The molecule has 2 atom stereocenters. The maximum absolute atomic E-state index is 12.4. The molecule has 2 N–H and O–H groups in total. The van der Waals surface area contributed by atoms with Gasteiger partial charge in [0.25, 0.3) is 0 Å². The van der Waals surface area contributed by atoms with Gasteiger partial charge in [0, 0.05) is 19.1 Å². The number of hydrogen-bond acceptors (Lipinski definition) is 2. The third-order valence-corrected chi connectivity index (χ3v) is 4.10. The Morgan fingerprint density at radius 1 is 1.20 bits per heavy atom. The van der Waals surface area contributed by atoms with Gasteiger partial charge in [-0.2, -0.15) is 0 Å². The molecule has 0 aromatic heterocycles. The Morgan fingerprint density at radius 3 is 2.60 bits per heavy atom. The van der Waals surface area contributed by atoms with Crippen LogP contribution in [0, 0.1) is 5.92 Å². The van der Waals surface area contributed by atoms with Crippen LogP contribution in [0.3, 0.4) is 0 Å². The highest BCUT2D eigenvalue weighted by Crippen LogP contribution is 2.25. The molecule has 0 saturated carbocycles. The number of hydrogen-bond donors (Lipinski definition) is 1. The maximum Gasteiger partial charge on any atom is 0.229 e. The van der Waals surface area contributed by atoms with Crippen molar-refractivity contribution in [3.8, 4) is 0 Å². The molecule has 0 saturated heterocycles. The number of rotatable bonds is 2. The van der Waals surface area contributed by atoms with E-state index >= 15 is 0 Å². The molecular formula is C17H20N2O. The summed E-state index contributed by atoms with van der Waals surface area (Å²) in [5.41, 5.74) is 8.43. The molecule has 1 amide bonds. The predicted molar refractivity (Wildman–Crippen MR) is 80.8 cm³/mol. The molecule has 2 aliphatic rings. The average Bonchev–Trinajstić information content (AvgIpc) is 2.94. The standard InChI is InChI=1S/C17H20N2O/c18-16-7-6-15(12-16)17(20)19-10-8-14(9-11-19)13-4-2-1-3-5-13/h1-8,15-16H,9-12,18H2. The Balaban J connectivity index is 1.65. The third-order valence-electron chi connectivity index (χ3n) is 4.10. The van der Waals surface area contributed by atoms with Crippen molar-refractivity contribution in [1.82, 2.24) is 4.90 Å². The molecular weight excluding hydrogens is 248 g/mol. The van der Waals surface area contributed by atoms with Gasteiger partial charge in [-0.25, -0.2) is 0 Å². The summed E-state index contributed by atoms with van der Waals surface area (Å²) in [4.78, 5) is 14.3. The van der Waals surface area contributed by atoms with E-state index in [0.717, 1.165) is 19.4 Å². The Bertz CT molecular complexity index is 547. The van der Waals surface area contributed by atoms with Crippen molar-refractivity contribution in [1.29, 1.82) is 0 Å². The van der Waals surface area contributed by atoms with Crippen LogP contribution in [0.25, 0.3) is 5.57 Å². The van der Waals surface area contributed by atoms with Crippen molar-refractivity contribution in [2.45, 2.75) is 18.9 Å². The van der Waals surface area contributed by atoms with Gasteiger partial charge >= 0.3 is 0 Å². The summed E-state index contributed by atoms with van der Waals surface area (Å²) in [6.45, 7) is 1.52. The first kappa shape index (κ1) is 13.1. The smallest absolute Gasteiger partial charge is 0.229 e. The largest absolute Gasteiger partial charge is 0.338 e. The minimum atomic E-state index is -0.0170. The van der Waals surface area contributed by atoms with Gasteiger partial charge in [0.1, 0.15) is 0 Å². The van der Waals surface area contributed by atoms with Gasteiger partial charge in [-0.05, 0) is 24.0 Å². The molecule has 0 radical (unpaired) electrons. The van der Waals surface area contributed by atoms with Gasteiger partial charge in [0.15, 0.2) is 0 Å². The summed E-state index contributed by atoms with van der Waals surface area (Å²) in [6.07, 6.45) is 7.76. The Morgan fingerprint density at radius 2 is 2.00 bits per heavy atom. The summed E-state index contributed by atoms with van der Waals surface area (Å²) < 4.78 is 0. The monoisotopic (exact) mass is 268 g/mol. The molecule has 3 heteroatoms. The van der Waals surface area contributed by atoms with E-state index in [1.165, 1.54) is 11.1 Å². The second-order valence-corrected chi connectivity index (χ2v) is 5.52. The molecule has 1 aromatic carbocycles. The van der Waals surface area contributed by atoms with E-state index in [-0.39, 0.29) is 17.9 Å². The molecule has 1 aromatic rings. The van der Waals surface area contributed by atoms with Gasteiger partial charge in [0.2, 0.25) is 5.91 Å². The molecule has 3 nitrogen and oxygen atoms in total. The minimum absolute atomic E-state index is 0.0170. The molecule has 1 aliphatic heterocycles. The number of benzene rings is 1. The first-order valence-corrected chi connectivity index (χ1v) is 7.21. The predicted octanol–water partition coefficient (Wildman–Crippen LogP) is 2.21. The summed E-state index contributed by atoms with van der Waals surface area (Å²) in [6, 6.07) is 10.4. The van der Waals surface area contributed by atoms with Crippen molar-refractivity contribution < 1.29 is 4.79 Å². The Hall–Kier alpha value is -1.87. The molecule has 20 heavy (non-hydrogen) atoms. The van der Waals surface area contributed by atoms with Crippen LogP contribution in [-0.2, 0) is 4.79 Å². The number of amides is 1. The molecule has 1 aliphatic carbocycles. The van der Waals surface area contributed by atoms with Crippen molar-refractivity contribution in [2.24, 2.45) is 11.7 Å². The van der Waals surface area contributed by atoms with E-state index in [2.05, 4.69) is 30.3 Å². The summed E-state index contributed by atoms with van der Waals surface area (Å²) >= 11 is 0. The van der Waals surface area contributed by atoms with E-state index in [4.69, 9.17) is 5.73 Å². The van der Waals surface area contributed by atoms with Gasteiger partial charge in [0.05, 0.1) is 5.92 Å². The third kappa shape index (κ3) is 2.68. The van der Waals surface area contributed by atoms with E-state index in [9.17, 15) is 4.79 Å². The van der Waals surface area contributed by atoms with Gasteiger partial charge in [-0.15, -0.1) is 0 Å². The lowest BCUT2D eigenvalue weighted by atomic mass is 9.98. The van der Waals surface area contributed by atoms with Crippen LogP contribution < -0.4 is 5.73 Å². The highest BCUT2D eigenvalue weighted by atomic mass is 16.2. The zero-order valence-electron chi connectivity index (χ0n) is 11.5. The molecule has 3 rings (SSSR count). The van der Waals surface area contributed by atoms with Crippen LogP contribution in [-0.4, -0.2) is 29.9 Å². The average molecular weight is 268 g/mol. The number of nitrogens with two attached hydrogens (primary N) is 1. The molecule has 0 fully saturated rings. The Labute approximate surface area is 119 Å². The van der Waals surface area contributed by atoms with E-state index in [0.29, 0.717) is 6.54 Å². The molecule has 1 heterocycles. The lowest BCUT2D eigenvalue weighted by Crippen LogP contribution is -2.38. The maximum atomic E-state index is 12.4. The molecule has 0 bridgehead atoms. The van der Waals surface area contributed by atoms with Crippen LogP contribution in [0.1, 0.15) is 18.4 Å². The van der Waals surface area contributed by atoms with Crippen molar-refractivity contribution in [2.75, 3.05) is 13.1 Å². The minimum Gasteiger partial charge on any atom is -0.338 e. The lowest BCUT2D eigenvalue weighted by Gasteiger charge is -2.28. The normalized spacial score (nSPS) is 25.6. The number of carbonyl (C=O) groups excluding carboxylic acids is 1. The number of nitrogens with zero attached hydrogens (tertiary/aromatic N) is 1. The van der Waals surface area contributed by atoms with Crippen LogP contribution in [0.5, 0.6) is 0 Å². The Kier molecular flexibility index (Phi) is 3.70. The van der Waals surface area contributed by atoms with Gasteiger partial charge < -0.3 is 10.6 Å². The SMILES string of the molecule is NC1C=CC(C(=O)N2CC=C(c3ccccc3)CC2)C1. The highest BCUT2D eigenvalue weighted by Gasteiger charge is 2.27. The molecule has 0 spiro atoms. The van der Waals surface area contributed by atoms with Gasteiger partial charge in [-0.3, -0.25) is 4.79 Å². The zero-order valence-corrected chi connectivity index (χ0v) is 11.5. The van der Waals surface area contributed by atoms with Crippen LogP contribution >= 0.6 is 0 Å². The second kappa shape index (κ2) is 5.63. The van der Waals surface area contributed by atoms with E-state index < -0.39 is 0 Å². The first-order valence-electron chi connectivity index (χ1n) is 7.21. The molecule has 2 unspecified atom stereocenters. The summed E-state index contributed by atoms with van der Waals surface area (Å²) in [5, 5.41) is 0. The van der Waals surface area contributed by atoms with Gasteiger partial charge in [-0.1, -0.05) is 48.6 Å². The fourth-order valence-electron chi connectivity index (χ4n) is 2.93. The number of carbonyl (C=O) groups is 1. The zero-order chi connectivity index (χ0) is 13.9. The van der Waals surface area contributed by atoms with E-state index in [1.54, 1.807) is 0 Å². The van der Waals surface area contributed by atoms with Crippen LogP contribution in [0.15, 0.2) is 48.6 Å². The molecule has 104 valence electrons. The summed E-state index contributed by atoms with van der Waals surface area (Å²) in [5.74, 6) is 0.203. The summed E-state index contributed by atoms with van der Waals surface area (Å²) in [7, 11) is 0. The fourth-order valence-corrected chi connectivity index (χ4v) is 2.93. The topological polar surface area (TPSA) is 46.3 Å². The van der Waals surface area contributed by atoms with Crippen molar-refractivity contribution >= 4 is 11.5 Å². The quantitative estimate of drug-likeness (QED) is 0.836. The van der Waals surface area contributed by atoms with Crippen LogP contribution in [0.2, 0.25) is 0 Å². The van der Waals surface area contributed by atoms with E-state index in [1.807, 2.05) is 23.1 Å². The lowest BCUT2D eigenvalue weighted by molar-refractivity contribution is -0.133. The van der Waals surface area contributed by atoms with Crippen molar-refractivity contribution in [3.05, 3.63) is 54.1 Å². The van der Waals surface area contributed by atoms with Crippen molar-refractivity contribution in [3.63, 3.8) is 0 Å².